The Balaban J connectivity index is 1.27. The maximum Gasteiger partial charge on any atom is 0.210 e. The smallest absolute Gasteiger partial charge is 0.210 e. The van der Waals surface area contributed by atoms with Crippen molar-refractivity contribution in [3.05, 3.63) is 210 Å². The first kappa shape index (κ1) is 39.5. The maximum atomic E-state index is 10.3. The summed E-state index contributed by atoms with van der Waals surface area (Å²) in [6.07, 6.45) is 0. The summed E-state index contributed by atoms with van der Waals surface area (Å²) in [6, 6.07) is 66.3. The van der Waals surface area contributed by atoms with Crippen LogP contribution in [0.5, 0.6) is 0 Å². The van der Waals surface area contributed by atoms with Crippen LogP contribution < -0.4 is 9.80 Å². The van der Waals surface area contributed by atoms with Crippen LogP contribution in [-0.2, 0) is 5.41 Å². The number of fused-ring (bicyclic) bond motifs is 10. The minimum absolute atomic E-state index is 0.237. The van der Waals surface area contributed by atoms with Crippen molar-refractivity contribution in [1.29, 1.82) is 5.26 Å². The molecule has 0 aromatic heterocycles. The Morgan fingerprint density at radius 2 is 1.02 bits per heavy atom. The molecule has 1 aliphatic carbocycles. The summed E-state index contributed by atoms with van der Waals surface area (Å²) in [5.74, 6) is 0. The summed E-state index contributed by atoms with van der Waals surface area (Å²) in [7, 11) is 0. The number of para-hydroxylation sites is 5. The molecular formula is C59H48N4. The average molecular weight is 813 g/mol. The van der Waals surface area contributed by atoms with E-state index in [4.69, 9.17) is 6.57 Å². The van der Waals surface area contributed by atoms with E-state index in [-0.39, 0.29) is 10.8 Å². The maximum absolute atomic E-state index is 10.3. The fourth-order valence-corrected chi connectivity index (χ4v) is 11.3. The number of rotatable bonds is 6. The molecule has 0 radical (unpaired) electrons. The highest BCUT2D eigenvalue weighted by Crippen LogP contribution is 2.68. The molecule has 63 heavy (non-hydrogen) atoms. The van der Waals surface area contributed by atoms with Gasteiger partial charge in [-0.1, -0.05) is 157 Å². The molecule has 9 aromatic carbocycles. The van der Waals surface area contributed by atoms with Gasteiger partial charge in [-0.15, -0.1) is 0 Å². The van der Waals surface area contributed by atoms with Crippen molar-refractivity contribution >= 4 is 72.1 Å². The molecule has 0 N–H and O–H groups in total. The summed E-state index contributed by atoms with van der Waals surface area (Å²) in [5, 5.41) is 17.5. The van der Waals surface area contributed by atoms with Crippen LogP contribution in [0.15, 0.2) is 182 Å². The zero-order valence-electron chi connectivity index (χ0n) is 36.6. The molecule has 0 amide bonds. The molecule has 0 unspecified atom stereocenters. The summed E-state index contributed by atoms with van der Waals surface area (Å²) in [4.78, 5) is 8.40. The van der Waals surface area contributed by atoms with Gasteiger partial charge < -0.3 is 9.80 Å². The Labute approximate surface area is 370 Å². The number of nitrogens with zero attached hydrogens (tertiary/aromatic N) is 4. The zero-order chi connectivity index (χ0) is 43.7. The number of hydrogen-bond acceptors (Lipinski definition) is 3. The highest BCUT2D eigenvalue weighted by Gasteiger charge is 2.59. The van der Waals surface area contributed by atoms with Gasteiger partial charge in [0.15, 0.2) is 0 Å². The molecule has 4 heteroatoms. The summed E-state index contributed by atoms with van der Waals surface area (Å²) >= 11 is 0. The Hall–Kier alpha value is -7.66. The number of nitriles is 1. The fraction of sp³-hybridized carbons (Fsp3) is 0.153. The first-order valence-electron chi connectivity index (χ1n) is 21.7. The molecule has 0 spiro atoms. The molecule has 4 nitrogen and oxygen atoms in total. The van der Waals surface area contributed by atoms with E-state index in [9.17, 15) is 5.26 Å². The Kier molecular flexibility index (Phi) is 9.25. The molecule has 0 bridgehead atoms. The lowest BCUT2D eigenvalue weighted by Gasteiger charge is -2.54. The normalized spacial score (nSPS) is 13.0. The van der Waals surface area contributed by atoms with Crippen molar-refractivity contribution in [2.45, 2.75) is 47.0 Å². The second kappa shape index (κ2) is 14.8. The van der Waals surface area contributed by atoms with E-state index in [0.29, 0.717) is 11.3 Å². The van der Waals surface area contributed by atoms with Gasteiger partial charge in [-0.05, 0) is 132 Å². The van der Waals surface area contributed by atoms with Crippen molar-refractivity contribution in [2.24, 2.45) is 10.8 Å². The van der Waals surface area contributed by atoms with Crippen molar-refractivity contribution in [3.63, 3.8) is 0 Å². The average Bonchev–Trinajstić information content (AvgIpc) is 3.64. The lowest BCUT2D eigenvalue weighted by atomic mass is 9.49. The molecule has 304 valence electrons. The molecule has 9 aromatic rings. The van der Waals surface area contributed by atoms with Crippen LogP contribution in [0.25, 0.3) is 48.3 Å². The Morgan fingerprint density at radius 1 is 0.476 bits per heavy atom. The van der Waals surface area contributed by atoms with Gasteiger partial charge in [0.1, 0.15) is 6.07 Å². The van der Waals surface area contributed by atoms with Crippen molar-refractivity contribution in [2.75, 3.05) is 9.80 Å². The molecule has 0 heterocycles. The molecule has 0 saturated carbocycles. The zero-order valence-corrected chi connectivity index (χ0v) is 36.6. The van der Waals surface area contributed by atoms with E-state index in [0.717, 1.165) is 39.5 Å². The second-order valence-electron chi connectivity index (χ2n) is 18.7. The van der Waals surface area contributed by atoms with Gasteiger partial charge in [-0.3, -0.25) is 0 Å². The largest absolute Gasteiger partial charge is 0.320 e. The Morgan fingerprint density at radius 3 is 1.65 bits per heavy atom. The minimum atomic E-state index is -0.447. The van der Waals surface area contributed by atoms with Crippen LogP contribution >= 0.6 is 0 Å². The SMILES string of the molecule is [C-]#[N+]c1ccccc1N(c1ccccc1)c1ccc2c3c(c4ccccc4c2c1)-c1ccc2cc(N(c4ccccc4)c4ccccc4C#N)ccc2c1C3(C(C)(C)C)C(C)(C)C. The van der Waals surface area contributed by atoms with E-state index in [2.05, 4.69) is 171 Å². The number of benzene rings is 9. The summed E-state index contributed by atoms with van der Waals surface area (Å²) in [6.45, 7) is 22.7. The molecule has 1 aliphatic rings. The van der Waals surface area contributed by atoms with Gasteiger partial charge in [0, 0.05) is 28.2 Å². The third-order valence-electron chi connectivity index (χ3n) is 13.3. The highest BCUT2D eigenvalue weighted by atomic mass is 15.2. The first-order valence-corrected chi connectivity index (χ1v) is 21.7. The standard InChI is InChI=1S/C59H48N4/c1-57(2,3)59(58(4,5)6)55-45-34-31-43(62(41-21-10-8-11-22-41)52-28-18-14-20-40(52)38-60)36-39(45)30-33-49(55)54-47-26-16-15-25-46(47)50-37-44(32-35-48(50)56(54)59)63(42-23-12-9-13-24-42)53-29-19-17-27-51(53)61-7/h8-37H,1-6H3. The lowest BCUT2D eigenvalue weighted by molar-refractivity contribution is 0.0977. The van der Waals surface area contributed by atoms with Crippen LogP contribution in [0.4, 0.5) is 39.8 Å². The monoisotopic (exact) mass is 812 g/mol. The summed E-state index contributed by atoms with van der Waals surface area (Å²) < 4.78 is 0. The van der Waals surface area contributed by atoms with Gasteiger partial charge >= 0.3 is 0 Å². The lowest BCUT2D eigenvalue weighted by Crippen LogP contribution is -2.50. The van der Waals surface area contributed by atoms with Crippen LogP contribution in [0.3, 0.4) is 0 Å². The third kappa shape index (κ3) is 5.94. The van der Waals surface area contributed by atoms with Crippen LogP contribution in [0.2, 0.25) is 0 Å². The van der Waals surface area contributed by atoms with Gasteiger partial charge in [-0.2, -0.15) is 5.26 Å². The molecule has 0 fully saturated rings. The van der Waals surface area contributed by atoms with E-state index in [1.807, 2.05) is 72.8 Å². The molecule has 10 rings (SSSR count). The number of hydrogen-bond donors (Lipinski definition) is 0. The predicted octanol–water partition coefficient (Wildman–Crippen LogP) is 16.9. The topological polar surface area (TPSA) is 34.6 Å². The summed E-state index contributed by atoms with van der Waals surface area (Å²) in [5.41, 5.74) is 11.3. The van der Waals surface area contributed by atoms with Gasteiger partial charge in [0.2, 0.25) is 5.69 Å². The highest BCUT2D eigenvalue weighted by molar-refractivity contribution is 6.20. The Bertz CT molecular complexity index is 3320. The minimum Gasteiger partial charge on any atom is -0.320 e. The van der Waals surface area contributed by atoms with Crippen LogP contribution in [0.1, 0.15) is 58.2 Å². The van der Waals surface area contributed by atoms with E-state index >= 15 is 0 Å². The van der Waals surface area contributed by atoms with Crippen molar-refractivity contribution in [1.82, 2.24) is 0 Å². The van der Waals surface area contributed by atoms with E-state index in [1.165, 1.54) is 49.2 Å². The van der Waals surface area contributed by atoms with Crippen LogP contribution in [0, 0.1) is 28.7 Å². The van der Waals surface area contributed by atoms with Gasteiger partial charge in [-0.25, -0.2) is 4.85 Å². The first-order chi connectivity index (χ1) is 30.5. The molecule has 0 aliphatic heterocycles. The second-order valence-corrected chi connectivity index (χ2v) is 18.7. The van der Waals surface area contributed by atoms with Crippen molar-refractivity contribution in [3.8, 4) is 17.2 Å². The number of anilines is 6. The van der Waals surface area contributed by atoms with E-state index < -0.39 is 5.41 Å². The van der Waals surface area contributed by atoms with Gasteiger partial charge in [0.25, 0.3) is 0 Å². The molecule has 0 saturated heterocycles. The quantitative estimate of drug-likeness (QED) is 0.124. The molecule has 0 atom stereocenters. The van der Waals surface area contributed by atoms with Crippen LogP contribution in [-0.4, -0.2) is 0 Å². The predicted molar refractivity (Wildman–Crippen MR) is 264 cm³/mol. The van der Waals surface area contributed by atoms with E-state index in [1.54, 1.807) is 0 Å². The van der Waals surface area contributed by atoms with Crippen molar-refractivity contribution < 1.29 is 0 Å². The fourth-order valence-electron chi connectivity index (χ4n) is 11.3. The third-order valence-corrected chi connectivity index (χ3v) is 13.3. The van der Waals surface area contributed by atoms with Gasteiger partial charge in [0.05, 0.1) is 23.5 Å². The molecular weight excluding hydrogens is 765 g/mol.